The zero-order valence-electron chi connectivity index (χ0n) is 15.5. The monoisotopic (exact) mass is 368 g/mol. The second-order valence-electron chi connectivity index (χ2n) is 6.96. The van der Waals surface area contributed by atoms with Crippen LogP contribution >= 0.6 is 0 Å². The third-order valence-corrected chi connectivity index (χ3v) is 4.87. The zero-order chi connectivity index (χ0) is 19.2. The van der Waals surface area contributed by atoms with E-state index in [4.69, 9.17) is 9.15 Å². The smallest absolute Gasteiger partial charge is 0.349 e. The second kappa shape index (κ2) is 8.72. The van der Waals surface area contributed by atoms with Crippen molar-refractivity contribution in [2.45, 2.75) is 57.9 Å². The Balaban J connectivity index is 1.93. The van der Waals surface area contributed by atoms with Crippen LogP contribution in [0.15, 0.2) is 27.4 Å². The molecule has 1 aliphatic rings. The maximum Gasteiger partial charge on any atom is 0.349 e. The number of amides is 1. The van der Waals surface area contributed by atoms with Gasteiger partial charge in [-0.15, -0.1) is 0 Å². The Kier molecular flexibility index (Phi) is 6.12. The van der Waals surface area contributed by atoms with Crippen LogP contribution in [0.5, 0.6) is 5.75 Å². The van der Waals surface area contributed by atoms with Crippen LogP contribution < -0.4 is 15.7 Å². The van der Waals surface area contributed by atoms with Gasteiger partial charge < -0.3 is 14.5 Å². The number of carbonyl (C=O) groups is 1. The fourth-order valence-electron chi connectivity index (χ4n) is 3.37. The maximum atomic E-state index is 12.6. The molecule has 142 valence electrons. The number of ether oxygens (including phenoxy) is 1. The minimum absolute atomic E-state index is 0.0392. The fraction of sp³-hybridized carbons (Fsp3) is 0.476. The minimum Gasteiger partial charge on any atom is -0.490 e. The van der Waals surface area contributed by atoms with Gasteiger partial charge in [-0.05, 0) is 31.4 Å². The number of nitrogens with zero attached hydrogens (tertiary/aromatic N) is 1. The summed E-state index contributed by atoms with van der Waals surface area (Å²) in [6.07, 6.45) is 7.03. The summed E-state index contributed by atoms with van der Waals surface area (Å²) in [5.74, 6) is -0.0674. The Hall–Kier alpha value is -2.81. The van der Waals surface area contributed by atoms with Crippen molar-refractivity contribution < 1.29 is 13.9 Å². The molecule has 0 atom stereocenters. The first kappa shape index (κ1) is 19.0. The Morgan fingerprint density at radius 2 is 2.07 bits per heavy atom. The number of nitrogens with one attached hydrogen (secondary N) is 1. The van der Waals surface area contributed by atoms with Gasteiger partial charge in [0.2, 0.25) is 0 Å². The molecule has 3 rings (SSSR count). The van der Waals surface area contributed by atoms with Crippen LogP contribution in [0, 0.1) is 11.3 Å². The lowest BCUT2D eigenvalue weighted by Crippen LogP contribution is -2.38. The molecule has 1 aliphatic carbocycles. The lowest BCUT2D eigenvalue weighted by molar-refractivity contribution is 0.0924. The van der Waals surface area contributed by atoms with Gasteiger partial charge in [0.25, 0.3) is 5.91 Å². The lowest BCUT2D eigenvalue weighted by Gasteiger charge is -2.22. The molecule has 6 heteroatoms. The first-order valence-electron chi connectivity index (χ1n) is 9.58. The minimum atomic E-state index is -0.694. The van der Waals surface area contributed by atoms with E-state index in [1.54, 1.807) is 12.1 Å². The van der Waals surface area contributed by atoms with Crippen LogP contribution in [0.1, 0.15) is 67.8 Å². The molecular formula is C21H24N2O4. The molecule has 0 unspecified atom stereocenters. The van der Waals surface area contributed by atoms with E-state index in [2.05, 4.69) is 11.4 Å². The Bertz CT molecular complexity index is 920. The van der Waals surface area contributed by atoms with Gasteiger partial charge in [-0.1, -0.05) is 32.6 Å². The van der Waals surface area contributed by atoms with E-state index in [-0.39, 0.29) is 17.2 Å². The van der Waals surface area contributed by atoms with E-state index in [1.807, 2.05) is 6.92 Å². The SMILES string of the molecule is CCCCOc1cc(C#N)cc2cc(C(=O)NC3CCCCC3)c(=O)oc12. The van der Waals surface area contributed by atoms with Gasteiger partial charge in [-0.3, -0.25) is 4.79 Å². The molecule has 1 N–H and O–H groups in total. The third kappa shape index (κ3) is 4.48. The van der Waals surface area contributed by atoms with E-state index in [1.165, 1.54) is 12.5 Å². The summed E-state index contributed by atoms with van der Waals surface area (Å²) >= 11 is 0. The molecule has 6 nitrogen and oxygen atoms in total. The normalized spacial score (nSPS) is 14.7. The number of nitriles is 1. The van der Waals surface area contributed by atoms with Gasteiger partial charge in [0.1, 0.15) is 5.56 Å². The van der Waals surface area contributed by atoms with Gasteiger partial charge in [0, 0.05) is 17.5 Å². The van der Waals surface area contributed by atoms with Crippen LogP contribution in [-0.4, -0.2) is 18.6 Å². The quantitative estimate of drug-likeness (QED) is 0.616. The molecule has 0 radical (unpaired) electrons. The number of hydrogen-bond donors (Lipinski definition) is 1. The second-order valence-corrected chi connectivity index (χ2v) is 6.96. The highest BCUT2D eigenvalue weighted by Gasteiger charge is 2.21. The Morgan fingerprint density at radius 3 is 2.78 bits per heavy atom. The first-order valence-corrected chi connectivity index (χ1v) is 9.58. The van der Waals surface area contributed by atoms with Gasteiger partial charge in [-0.25, -0.2) is 4.79 Å². The molecule has 1 aromatic heterocycles. The van der Waals surface area contributed by atoms with Crippen molar-refractivity contribution in [2.24, 2.45) is 0 Å². The maximum absolute atomic E-state index is 12.6. The van der Waals surface area contributed by atoms with Gasteiger partial charge >= 0.3 is 5.63 Å². The van der Waals surface area contributed by atoms with Crippen molar-refractivity contribution in [3.8, 4) is 11.8 Å². The van der Waals surface area contributed by atoms with Crippen LogP contribution in [0.3, 0.4) is 0 Å². The summed E-state index contributed by atoms with van der Waals surface area (Å²) in [4.78, 5) is 25.0. The molecule has 2 aromatic rings. The number of fused-ring (bicyclic) bond motifs is 1. The Morgan fingerprint density at radius 1 is 1.30 bits per heavy atom. The number of hydrogen-bond acceptors (Lipinski definition) is 5. The molecule has 1 heterocycles. The number of rotatable bonds is 6. The van der Waals surface area contributed by atoms with E-state index >= 15 is 0 Å². The van der Waals surface area contributed by atoms with Gasteiger partial charge in [-0.2, -0.15) is 5.26 Å². The first-order chi connectivity index (χ1) is 13.1. The van der Waals surface area contributed by atoms with E-state index in [9.17, 15) is 14.9 Å². The molecule has 1 amide bonds. The van der Waals surface area contributed by atoms with Crippen LogP contribution in [-0.2, 0) is 0 Å². The van der Waals surface area contributed by atoms with E-state index in [0.29, 0.717) is 23.3 Å². The van der Waals surface area contributed by atoms with E-state index in [0.717, 1.165) is 38.5 Å². The predicted molar refractivity (Wildman–Crippen MR) is 102 cm³/mol. The van der Waals surface area contributed by atoms with Gasteiger partial charge in [0.15, 0.2) is 11.3 Å². The average molecular weight is 368 g/mol. The van der Waals surface area contributed by atoms with Crippen molar-refractivity contribution in [1.29, 1.82) is 5.26 Å². The molecule has 0 bridgehead atoms. The summed E-state index contributed by atoms with van der Waals surface area (Å²) in [5.41, 5.74) is -0.0747. The Labute approximate surface area is 158 Å². The average Bonchev–Trinajstić information content (AvgIpc) is 2.68. The zero-order valence-corrected chi connectivity index (χ0v) is 15.5. The third-order valence-electron chi connectivity index (χ3n) is 4.87. The summed E-state index contributed by atoms with van der Waals surface area (Å²) in [7, 11) is 0. The molecular weight excluding hydrogens is 344 g/mol. The topological polar surface area (TPSA) is 92.3 Å². The van der Waals surface area contributed by atoms with Crippen LogP contribution in [0.4, 0.5) is 0 Å². The molecule has 1 saturated carbocycles. The highest BCUT2D eigenvalue weighted by atomic mass is 16.5. The fourth-order valence-corrected chi connectivity index (χ4v) is 3.37. The number of benzene rings is 1. The molecule has 27 heavy (non-hydrogen) atoms. The highest BCUT2D eigenvalue weighted by molar-refractivity contribution is 5.97. The molecule has 0 spiro atoms. The predicted octanol–water partition coefficient (Wildman–Crippen LogP) is 3.91. The van der Waals surface area contributed by atoms with Crippen molar-refractivity contribution in [3.05, 3.63) is 39.7 Å². The largest absolute Gasteiger partial charge is 0.490 e. The van der Waals surface area contributed by atoms with Crippen LogP contribution in [0.2, 0.25) is 0 Å². The molecule has 0 saturated heterocycles. The van der Waals surface area contributed by atoms with Crippen molar-refractivity contribution >= 4 is 16.9 Å². The summed E-state index contributed by atoms with van der Waals surface area (Å²) in [6, 6.07) is 6.83. The molecule has 0 aliphatic heterocycles. The van der Waals surface area contributed by atoms with Crippen LogP contribution in [0.25, 0.3) is 11.0 Å². The number of carbonyl (C=O) groups excluding carboxylic acids is 1. The summed E-state index contributed by atoms with van der Waals surface area (Å²) < 4.78 is 11.1. The van der Waals surface area contributed by atoms with Crippen molar-refractivity contribution in [2.75, 3.05) is 6.61 Å². The van der Waals surface area contributed by atoms with Gasteiger partial charge in [0.05, 0.1) is 18.2 Å². The van der Waals surface area contributed by atoms with Crippen molar-refractivity contribution in [3.63, 3.8) is 0 Å². The summed E-state index contributed by atoms with van der Waals surface area (Å²) in [5, 5.41) is 12.7. The summed E-state index contributed by atoms with van der Waals surface area (Å²) in [6.45, 7) is 2.51. The van der Waals surface area contributed by atoms with E-state index < -0.39 is 11.5 Å². The molecule has 1 aromatic carbocycles. The molecule has 1 fully saturated rings. The lowest BCUT2D eigenvalue weighted by atomic mass is 9.95. The number of unbranched alkanes of at least 4 members (excludes halogenated alkanes) is 1. The standard InChI is InChI=1S/C21H24N2O4/c1-2-3-9-26-18-11-14(13-22)10-15-12-17(21(25)27-19(15)18)20(24)23-16-7-5-4-6-8-16/h10-12,16H,2-9H2,1H3,(H,23,24). The highest BCUT2D eigenvalue weighted by Crippen LogP contribution is 2.27. The van der Waals surface area contributed by atoms with Crippen molar-refractivity contribution in [1.82, 2.24) is 5.32 Å².